The molecule has 3 aromatic rings. The van der Waals surface area contributed by atoms with E-state index < -0.39 is 11.7 Å². The van der Waals surface area contributed by atoms with E-state index >= 15 is 0 Å². The molecule has 0 saturated heterocycles. The number of nitrogens with one attached hydrogen (secondary N) is 2. The van der Waals surface area contributed by atoms with Gasteiger partial charge in [-0.25, -0.2) is 0 Å². The number of aromatic amines is 1. The number of nitrogens with zero attached hydrogens (tertiary/aromatic N) is 2. The van der Waals surface area contributed by atoms with Crippen LogP contribution >= 0.6 is 0 Å². The Bertz CT molecular complexity index is 1200. The minimum Gasteiger partial charge on any atom is -0.383 e. The number of fused-ring (bicyclic) bond motifs is 1. The summed E-state index contributed by atoms with van der Waals surface area (Å²) in [4.78, 5) is 11.3. The van der Waals surface area contributed by atoms with Crippen LogP contribution in [0.3, 0.4) is 0 Å². The molecule has 34 heavy (non-hydrogen) atoms. The van der Waals surface area contributed by atoms with Gasteiger partial charge in [-0.05, 0) is 41.7 Å². The lowest BCUT2D eigenvalue weighted by Gasteiger charge is -2.10. The molecule has 0 spiro atoms. The summed E-state index contributed by atoms with van der Waals surface area (Å²) in [5.41, 5.74) is 2.81. The number of allylic oxidation sites excluding steroid dienone is 4. The van der Waals surface area contributed by atoms with Crippen LogP contribution in [-0.2, 0) is 12.6 Å². The van der Waals surface area contributed by atoms with E-state index in [2.05, 4.69) is 46.8 Å². The Kier molecular flexibility index (Phi) is 8.46. The monoisotopic (exact) mass is 466 g/mol. The SMILES string of the molecule is C=C(\C=C(/C=N/C=C/C(C)CC)NCCc1c[nH]c2ccccc12)c1cncc(C(F)(F)F)c1. The fourth-order valence-corrected chi connectivity index (χ4v) is 3.31. The van der Waals surface area contributed by atoms with Crippen molar-refractivity contribution in [3.63, 3.8) is 0 Å². The lowest BCUT2D eigenvalue weighted by Crippen LogP contribution is -2.17. The van der Waals surface area contributed by atoms with E-state index in [1.807, 2.05) is 30.5 Å². The minimum absolute atomic E-state index is 0.300. The second-order valence-corrected chi connectivity index (χ2v) is 8.13. The van der Waals surface area contributed by atoms with Crippen molar-refractivity contribution >= 4 is 22.7 Å². The standard InChI is InChI=1S/C27H29F3N4/c1-4-19(2)9-11-31-18-24(13-20(3)22-14-23(17-32-15-22)27(28,29)30)33-12-10-21-16-34-26-8-6-5-7-25(21)26/h5-9,11,13-19,33-34H,3-4,10,12H2,1-2H3/b11-9+,24-13+,31-18+. The van der Waals surface area contributed by atoms with Crippen molar-refractivity contribution in [1.29, 1.82) is 0 Å². The highest BCUT2D eigenvalue weighted by atomic mass is 19.4. The molecule has 3 rings (SSSR count). The lowest BCUT2D eigenvalue weighted by atomic mass is 10.1. The molecule has 7 heteroatoms. The molecular weight excluding hydrogens is 437 g/mol. The number of halogens is 3. The Hall–Kier alpha value is -3.61. The molecule has 2 heterocycles. The summed E-state index contributed by atoms with van der Waals surface area (Å²) in [5, 5.41) is 4.50. The van der Waals surface area contributed by atoms with Gasteiger partial charge in [-0.2, -0.15) is 13.2 Å². The Morgan fingerprint density at radius 2 is 2.06 bits per heavy atom. The first-order valence-corrected chi connectivity index (χ1v) is 11.2. The molecule has 2 aromatic heterocycles. The Morgan fingerprint density at radius 1 is 1.26 bits per heavy atom. The van der Waals surface area contributed by atoms with E-state index in [0.717, 1.165) is 30.6 Å². The zero-order valence-corrected chi connectivity index (χ0v) is 19.4. The number of hydrogen-bond donors (Lipinski definition) is 2. The third-order valence-electron chi connectivity index (χ3n) is 5.52. The van der Waals surface area contributed by atoms with E-state index in [0.29, 0.717) is 29.3 Å². The highest BCUT2D eigenvalue weighted by molar-refractivity contribution is 5.85. The molecule has 0 bridgehead atoms. The predicted molar refractivity (Wildman–Crippen MR) is 133 cm³/mol. The van der Waals surface area contributed by atoms with E-state index in [1.165, 1.54) is 17.1 Å². The summed E-state index contributed by atoms with van der Waals surface area (Å²) in [6, 6.07) is 9.14. The van der Waals surface area contributed by atoms with Crippen LogP contribution in [0.25, 0.3) is 16.5 Å². The van der Waals surface area contributed by atoms with Gasteiger partial charge in [0, 0.05) is 54.0 Å². The molecule has 1 aromatic carbocycles. The van der Waals surface area contributed by atoms with Crippen LogP contribution in [-0.4, -0.2) is 22.7 Å². The van der Waals surface area contributed by atoms with Gasteiger partial charge in [0.25, 0.3) is 0 Å². The summed E-state index contributed by atoms with van der Waals surface area (Å²) in [7, 11) is 0. The van der Waals surface area contributed by atoms with Crippen molar-refractivity contribution in [3.05, 3.63) is 96.2 Å². The quantitative estimate of drug-likeness (QED) is 0.251. The second-order valence-electron chi connectivity index (χ2n) is 8.13. The summed E-state index contributed by atoms with van der Waals surface area (Å²) in [6.45, 7) is 8.76. The van der Waals surface area contributed by atoms with Crippen LogP contribution < -0.4 is 5.32 Å². The van der Waals surface area contributed by atoms with Gasteiger partial charge in [0.1, 0.15) is 0 Å². The molecule has 178 valence electrons. The number of aromatic nitrogens is 2. The molecule has 4 nitrogen and oxygen atoms in total. The molecule has 0 aliphatic rings. The molecule has 0 radical (unpaired) electrons. The molecule has 1 unspecified atom stereocenters. The van der Waals surface area contributed by atoms with Crippen molar-refractivity contribution < 1.29 is 13.2 Å². The fraction of sp³-hybridized carbons (Fsp3) is 0.259. The summed E-state index contributed by atoms with van der Waals surface area (Å²) in [5.74, 6) is 0.408. The van der Waals surface area contributed by atoms with Gasteiger partial charge >= 0.3 is 6.18 Å². The lowest BCUT2D eigenvalue weighted by molar-refractivity contribution is -0.137. The average Bonchev–Trinajstić information content (AvgIpc) is 3.24. The predicted octanol–water partition coefficient (Wildman–Crippen LogP) is 6.94. The summed E-state index contributed by atoms with van der Waals surface area (Å²) < 4.78 is 39.2. The van der Waals surface area contributed by atoms with E-state index in [-0.39, 0.29) is 0 Å². The molecule has 0 aliphatic heterocycles. The van der Waals surface area contributed by atoms with Crippen molar-refractivity contribution in [2.24, 2.45) is 10.9 Å². The smallest absolute Gasteiger partial charge is 0.383 e. The van der Waals surface area contributed by atoms with Gasteiger partial charge in [-0.15, -0.1) is 0 Å². The van der Waals surface area contributed by atoms with Crippen LogP contribution in [0, 0.1) is 5.92 Å². The number of para-hydroxylation sites is 1. The maximum Gasteiger partial charge on any atom is 0.417 e. The van der Waals surface area contributed by atoms with Gasteiger partial charge < -0.3 is 10.3 Å². The molecule has 0 fully saturated rings. The molecule has 2 N–H and O–H groups in total. The number of H-pyrrole nitrogens is 1. The van der Waals surface area contributed by atoms with Crippen molar-refractivity contribution in [2.75, 3.05) is 6.54 Å². The van der Waals surface area contributed by atoms with Gasteiger partial charge in [-0.1, -0.05) is 51.1 Å². The number of alkyl halides is 3. The number of hydrogen-bond acceptors (Lipinski definition) is 3. The van der Waals surface area contributed by atoms with E-state index in [1.54, 1.807) is 18.5 Å². The van der Waals surface area contributed by atoms with Crippen molar-refractivity contribution in [2.45, 2.75) is 32.9 Å². The van der Waals surface area contributed by atoms with Gasteiger partial charge in [0.15, 0.2) is 0 Å². The topological polar surface area (TPSA) is 53.1 Å². The Labute approximate surface area is 198 Å². The van der Waals surface area contributed by atoms with E-state index in [4.69, 9.17) is 0 Å². The number of rotatable bonds is 10. The maximum atomic E-state index is 13.1. The fourth-order valence-electron chi connectivity index (χ4n) is 3.31. The molecule has 0 aliphatic carbocycles. The second kappa shape index (κ2) is 11.5. The highest BCUT2D eigenvalue weighted by Gasteiger charge is 2.31. The van der Waals surface area contributed by atoms with Gasteiger partial charge in [0.2, 0.25) is 0 Å². The van der Waals surface area contributed by atoms with Crippen LogP contribution in [0.4, 0.5) is 13.2 Å². The normalized spacial score (nSPS) is 13.7. The van der Waals surface area contributed by atoms with Crippen LogP contribution in [0.2, 0.25) is 0 Å². The van der Waals surface area contributed by atoms with Crippen LogP contribution in [0.5, 0.6) is 0 Å². The van der Waals surface area contributed by atoms with Gasteiger partial charge in [0.05, 0.1) is 11.3 Å². The zero-order valence-electron chi connectivity index (χ0n) is 19.4. The zero-order chi connectivity index (χ0) is 24.6. The van der Waals surface area contributed by atoms with Crippen molar-refractivity contribution in [3.8, 4) is 0 Å². The van der Waals surface area contributed by atoms with Gasteiger partial charge in [-0.3, -0.25) is 9.98 Å². The van der Waals surface area contributed by atoms with Crippen LogP contribution in [0.15, 0.2) is 84.5 Å². The Morgan fingerprint density at radius 3 is 2.82 bits per heavy atom. The first-order valence-electron chi connectivity index (χ1n) is 11.2. The third-order valence-corrected chi connectivity index (χ3v) is 5.52. The first kappa shape index (κ1) is 25.0. The molecule has 1 atom stereocenters. The largest absolute Gasteiger partial charge is 0.417 e. The number of aliphatic imine (C=N–C) groups is 1. The number of benzene rings is 1. The summed E-state index contributed by atoms with van der Waals surface area (Å²) in [6.07, 6.45) is 8.56. The average molecular weight is 467 g/mol. The first-order chi connectivity index (χ1) is 16.3. The maximum absolute atomic E-state index is 13.1. The van der Waals surface area contributed by atoms with E-state index in [9.17, 15) is 13.2 Å². The number of pyridine rings is 1. The summed E-state index contributed by atoms with van der Waals surface area (Å²) >= 11 is 0. The molecule has 0 saturated carbocycles. The highest BCUT2D eigenvalue weighted by Crippen LogP contribution is 2.30. The minimum atomic E-state index is -4.46. The molecular formula is C27H29F3N4. The van der Waals surface area contributed by atoms with Crippen molar-refractivity contribution in [1.82, 2.24) is 15.3 Å². The Balaban J connectivity index is 1.77. The molecule has 0 amide bonds. The third kappa shape index (κ3) is 6.94. The van der Waals surface area contributed by atoms with Crippen LogP contribution in [0.1, 0.15) is 37.0 Å².